The Bertz CT molecular complexity index is 792. The first kappa shape index (κ1) is 17.0. The number of halogens is 5. The summed E-state index contributed by atoms with van der Waals surface area (Å²) in [7, 11) is 0. The first-order chi connectivity index (χ1) is 11.0. The maximum Gasteiger partial charge on any atom is 0.416 e. The molecule has 1 heterocycles. The third-order valence-corrected chi connectivity index (χ3v) is 5.10. The van der Waals surface area contributed by atoms with Gasteiger partial charge < -0.3 is 5.32 Å². The van der Waals surface area contributed by atoms with E-state index in [4.69, 9.17) is 23.2 Å². The molecule has 24 heavy (non-hydrogen) atoms. The van der Waals surface area contributed by atoms with Crippen molar-refractivity contribution in [3.05, 3.63) is 36.4 Å². The number of rotatable bonds is 3. The molecule has 1 fully saturated rings. The molecule has 5 nitrogen and oxygen atoms in total. The molecule has 0 spiro atoms. The minimum absolute atomic E-state index is 0.0578. The number of benzene rings is 1. The summed E-state index contributed by atoms with van der Waals surface area (Å²) in [5.74, 6) is -0.562. The number of nitrogens with one attached hydrogen (secondary N) is 1. The van der Waals surface area contributed by atoms with Gasteiger partial charge in [-0.25, -0.2) is 9.67 Å². The minimum atomic E-state index is -4.55. The van der Waals surface area contributed by atoms with Crippen LogP contribution in [0.5, 0.6) is 0 Å². The van der Waals surface area contributed by atoms with Crippen LogP contribution in [0, 0.1) is 5.41 Å². The van der Waals surface area contributed by atoms with Crippen molar-refractivity contribution in [1.29, 1.82) is 0 Å². The van der Waals surface area contributed by atoms with Crippen molar-refractivity contribution in [2.45, 2.75) is 23.9 Å². The Morgan fingerprint density at radius 1 is 1.38 bits per heavy atom. The number of aromatic nitrogens is 3. The van der Waals surface area contributed by atoms with Crippen LogP contribution in [-0.2, 0) is 11.0 Å². The van der Waals surface area contributed by atoms with Gasteiger partial charge in [0.05, 0.1) is 22.4 Å². The van der Waals surface area contributed by atoms with Gasteiger partial charge in [-0.3, -0.25) is 4.79 Å². The van der Waals surface area contributed by atoms with Crippen LogP contribution in [0.15, 0.2) is 30.9 Å². The molecule has 1 saturated carbocycles. The van der Waals surface area contributed by atoms with Crippen LogP contribution in [0.25, 0.3) is 5.69 Å². The second-order valence-electron chi connectivity index (χ2n) is 5.74. The number of carbonyl (C=O) groups excluding carboxylic acids is 1. The monoisotopic (exact) mass is 378 g/mol. The number of hydrogen-bond donors (Lipinski definition) is 1. The number of alkyl halides is 5. The van der Waals surface area contributed by atoms with Crippen molar-refractivity contribution in [2.24, 2.45) is 5.41 Å². The Balaban J connectivity index is 1.99. The van der Waals surface area contributed by atoms with Gasteiger partial charge in [-0.15, -0.1) is 23.2 Å². The Morgan fingerprint density at radius 3 is 2.54 bits per heavy atom. The normalized spacial score (nSPS) is 22.2. The predicted octanol–water partition coefficient (Wildman–Crippen LogP) is 3.81. The van der Waals surface area contributed by atoms with Gasteiger partial charge in [0.25, 0.3) is 0 Å². The first-order valence-corrected chi connectivity index (χ1v) is 7.56. The van der Waals surface area contributed by atoms with E-state index < -0.39 is 27.4 Å². The molecule has 1 aromatic heterocycles. The zero-order chi connectivity index (χ0) is 17.8. The Labute approximate surface area is 144 Å². The van der Waals surface area contributed by atoms with Gasteiger partial charge in [-0.2, -0.15) is 18.3 Å². The molecular weight excluding hydrogens is 368 g/mol. The van der Waals surface area contributed by atoms with E-state index in [0.717, 1.165) is 12.1 Å². The lowest BCUT2D eigenvalue weighted by Gasteiger charge is -2.17. The van der Waals surface area contributed by atoms with Crippen molar-refractivity contribution >= 4 is 34.8 Å². The van der Waals surface area contributed by atoms with E-state index in [1.807, 2.05) is 0 Å². The van der Waals surface area contributed by atoms with E-state index in [-0.39, 0.29) is 17.8 Å². The smallest absolute Gasteiger partial charge is 0.324 e. The van der Waals surface area contributed by atoms with E-state index in [9.17, 15) is 18.0 Å². The van der Waals surface area contributed by atoms with Gasteiger partial charge in [0.1, 0.15) is 17.0 Å². The lowest BCUT2D eigenvalue weighted by atomic mass is 10.1. The van der Waals surface area contributed by atoms with Crippen molar-refractivity contribution < 1.29 is 18.0 Å². The molecule has 0 unspecified atom stereocenters. The number of amides is 1. The van der Waals surface area contributed by atoms with Crippen LogP contribution in [0.2, 0.25) is 0 Å². The van der Waals surface area contributed by atoms with Crippen LogP contribution in [0.4, 0.5) is 18.9 Å². The molecule has 1 amide bonds. The molecule has 10 heteroatoms. The number of nitrogens with zero attached hydrogens (tertiary/aromatic N) is 3. The molecule has 3 rings (SSSR count). The van der Waals surface area contributed by atoms with Gasteiger partial charge >= 0.3 is 6.18 Å². The largest absolute Gasteiger partial charge is 0.416 e. The minimum Gasteiger partial charge on any atom is -0.324 e. The van der Waals surface area contributed by atoms with Crippen LogP contribution in [-0.4, -0.2) is 25.0 Å². The van der Waals surface area contributed by atoms with Crippen LogP contribution in [0.3, 0.4) is 0 Å². The van der Waals surface area contributed by atoms with E-state index in [0.29, 0.717) is 0 Å². The van der Waals surface area contributed by atoms with E-state index in [1.165, 1.54) is 23.4 Å². The second kappa shape index (κ2) is 5.35. The van der Waals surface area contributed by atoms with E-state index in [2.05, 4.69) is 15.4 Å². The van der Waals surface area contributed by atoms with Gasteiger partial charge in [0.2, 0.25) is 5.91 Å². The van der Waals surface area contributed by atoms with Gasteiger partial charge in [-0.1, -0.05) is 0 Å². The summed E-state index contributed by atoms with van der Waals surface area (Å²) in [6, 6.07) is 2.95. The quantitative estimate of drug-likeness (QED) is 0.826. The van der Waals surface area contributed by atoms with Gasteiger partial charge in [0, 0.05) is 0 Å². The molecule has 128 valence electrons. The molecule has 1 aliphatic carbocycles. The van der Waals surface area contributed by atoms with Crippen molar-refractivity contribution in [2.75, 3.05) is 5.32 Å². The average molecular weight is 379 g/mol. The fourth-order valence-electron chi connectivity index (χ4n) is 2.25. The average Bonchev–Trinajstić information content (AvgIpc) is 2.86. The summed E-state index contributed by atoms with van der Waals surface area (Å²) in [6.07, 6.45) is -1.79. The fraction of sp³-hybridized carbons (Fsp3) is 0.357. The third-order valence-electron chi connectivity index (χ3n) is 4.00. The maximum absolute atomic E-state index is 13.0. The standard InChI is InChI=1S/C14H11Cl2F3N4O/c1-12(5-13(12,15)16)11(24)22-9-4-8(14(17,18)19)2-3-10(9)23-7-20-6-21-23/h2-4,6-7H,5H2,1H3,(H,22,24)/t12-/m1/s1. The highest BCUT2D eigenvalue weighted by Gasteiger charge is 2.68. The van der Waals surface area contributed by atoms with Gasteiger partial charge in [-0.05, 0) is 31.5 Å². The SMILES string of the molecule is C[C@]1(C(=O)Nc2cc(C(F)(F)F)ccc2-n2cncn2)CC1(Cl)Cl. The number of anilines is 1. The van der Waals surface area contributed by atoms with Crippen molar-refractivity contribution in [1.82, 2.24) is 14.8 Å². The Morgan fingerprint density at radius 2 is 2.04 bits per heavy atom. The fourth-order valence-corrected chi connectivity index (χ4v) is 2.96. The summed E-state index contributed by atoms with van der Waals surface area (Å²) in [6.45, 7) is 1.55. The highest BCUT2D eigenvalue weighted by Crippen LogP contribution is 2.64. The van der Waals surface area contributed by atoms with Crippen molar-refractivity contribution in [3.8, 4) is 5.69 Å². The maximum atomic E-state index is 13.0. The second-order valence-corrected chi connectivity index (χ2v) is 7.22. The summed E-state index contributed by atoms with van der Waals surface area (Å²) in [5.41, 5.74) is -1.78. The lowest BCUT2D eigenvalue weighted by Crippen LogP contribution is -2.26. The highest BCUT2D eigenvalue weighted by atomic mass is 35.5. The molecule has 0 radical (unpaired) electrons. The lowest BCUT2D eigenvalue weighted by molar-refractivity contribution is -0.137. The molecule has 2 aromatic rings. The van der Waals surface area contributed by atoms with Crippen LogP contribution < -0.4 is 5.32 Å². The highest BCUT2D eigenvalue weighted by molar-refractivity contribution is 6.53. The first-order valence-electron chi connectivity index (χ1n) is 6.80. The number of hydrogen-bond acceptors (Lipinski definition) is 3. The Hall–Kier alpha value is -1.80. The molecule has 0 aliphatic heterocycles. The Kier molecular flexibility index (Phi) is 3.80. The summed E-state index contributed by atoms with van der Waals surface area (Å²) < 4.78 is 38.9. The molecular formula is C14H11Cl2F3N4O. The summed E-state index contributed by atoms with van der Waals surface area (Å²) >= 11 is 11.9. The molecule has 1 aliphatic rings. The van der Waals surface area contributed by atoms with Crippen LogP contribution in [0.1, 0.15) is 18.9 Å². The van der Waals surface area contributed by atoms with E-state index >= 15 is 0 Å². The molecule has 1 N–H and O–H groups in total. The molecule has 1 aromatic carbocycles. The van der Waals surface area contributed by atoms with Gasteiger partial charge in [0.15, 0.2) is 0 Å². The number of carbonyl (C=O) groups is 1. The van der Waals surface area contributed by atoms with Crippen LogP contribution >= 0.6 is 23.2 Å². The zero-order valence-electron chi connectivity index (χ0n) is 12.2. The third kappa shape index (κ3) is 2.84. The summed E-state index contributed by atoms with van der Waals surface area (Å²) in [4.78, 5) is 16.1. The summed E-state index contributed by atoms with van der Waals surface area (Å²) in [5, 5.41) is 6.35. The zero-order valence-corrected chi connectivity index (χ0v) is 13.7. The predicted molar refractivity (Wildman–Crippen MR) is 82.2 cm³/mol. The topological polar surface area (TPSA) is 59.8 Å². The molecule has 0 saturated heterocycles. The van der Waals surface area contributed by atoms with E-state index in [1.54, 1.807) is 6.92 Å². The molecule has 1 atom stereocenters. The van der Waals surface area contributed by atoms with Crippen molar-refractivity contribution in [3.63, 3.8) is 0 Å². The molecule has 0 bridgehead atoms.